The second-order valence-electron chi connectivity index (χ2n) is 28.4. The Kier molecular flexibility index (Phi) is 13.6. The fourth-order valence-electron chi connectivity index (χ4n) is 19.0. The zero-order chi connectivity index (χ0) is 56.1. The summed E-state index contributed by atoms with van der Waals surface area (Å²) in [6, 6.07) is 0. The molecule has 0 aliphatic carbocycles. The smallest absolute Gasteiger partial charge is 0.308 e. The summed E-state index contributed by atoms with van der Waals surface area (Å²) in [5.74, 6) is -6.00. The van der Waals surface area contributed by atoms with Crippen molar-refractivity contribution >= 4 is 5.97 Å². The first-order valence-corrected chi connectivity index (χ1v) is 31.6. The van der Waals surface area contributed by atoms with E-state index in [1.54, 1.807) is 0 Å². The Morgan fingerprint density at radius 1 is 0.561 bits per heavy atom. The average molecular weight is 1160 g/mol. The Morgan fingerprint density at radius 2 is 1.27 bits per heavy atom. The molecule has 17 fully saturated rings. The van der Waals surface area contributed by atoms with Gasteiger partial charge in [-0.2, -0.15) is 0 Å². The highest BCUT2D eigenvalue weighted by Gasteiger charge is 2.79. The number of carbonyl (C=O) groups is 1. The molecule has 12 bridgehead atoms. The van der Waals surface area contributed by atoms with Gasteiger partial charge in [0.15, 0.2) is 17.7 Å². The highest BCUT2D eigenvalue weighted by molar-refractivity contribution is 5.70. The van der Waals surface area contributed by atoms with Gasteiger partial charge in [0.25, 0.3) is 0 Å². The van der Waals surface area contributed by atoms with Crippen LogP contribution in [0.1, 0.15) is 130 Å². The molecular formula is C61H86O21. The number of rotatable bonds is 2. The molecule has 0 aromatic rings. The molecule has 34 unspecified atom stereocenters. The van der Waals surface area contributed by atoms with Crippen molar-refractivity contribution in [2.24, 2.45) is 29.6 Å². The SMILES string of the molecule is C=C1CC2CCC34OC5C6OC(CCC6OC6C5OC(O)(C6O3)C4O)CC(=O)OC3C(CC4OC(CCC1O2)CC(C)C4=C)OC1CC2OC4(CC2OC1C3C)CC1OC2(CC(C)C3OC5C(CC3O2)OCC5C(O)CO)CC(C)C1O4. The second kappa shape index (κ2) is 20.1. The number of carbonyl (C=O) groups excluding carboxylic acids is 1. The molecule has 3 spiro atoms. The highest BCUT2D eigenvalue weighted by atomic mass is 16.8. The lowest BCUT2D eigenvalue weighted by Crippen LogP contribution is -2.63. The van der Waals surface area contributed by atoms with Gasteiger partial charge in [-0.1, -0.05) is 40.9 Å². The first-order chi connectivity index (χ1) is 39.4. The van der Waals surface area contributed by atoms with Crippen molar-refractivity contribution in [3.8, 4) is 0 Å². The summed E-state index contributed by atoms with van der Waals surface area (Å²) in [5, 5.41) is 44.1. The van der Waals surface area contributed by atoms with Crippen LogP contribution in [0.5, 0.6) is 0 Å². The van der Waals surface area contributed by atoms with E-state index in [1.165, 1.54) is 0 Å². The predicted molar refractivity (Wildman–Crippen MR) is 279 cm³/mol. The lowest BCUT2D eigenvalue weighted by Gasteiger charge is -2.54. The minimum Gasteiger partial charge on any atom is -0.459 e. The van der Waals surface area contributed by atoms with Crippen molar-refractivity contribution in [2.45, 2.75) is 306 Å². The predicted octanol–water partition coefficient (Wildman–Crippen LogP) is 3.48. The van der Waals surface area contributed by atoms with Crippen LogP contribution in [-0.4, -0.2) is 215 Å². The molecule has 21 nitrogen and oxygen atoms in total. The molecule has 17 heterocycles. The fraction of sp³-hybridized carbons (Fsp3) is 0.918. The van der Waals surface area contributed by atoms with Gasteiger partial charge < -0.3 is 96.2 Å². The van der Waals surface area contributed by atoms with E-state index in [0.29, 0.717) is 83.7 Å². The average Bonchev–Trinajstić information content (AvgIpc) is 3.55. The van der Waals surface area contributed by atoms with Crippen LogP contribution in [0.2, 0.25) is 0 Å². The van der Waals surface area contributed by atoms with Crippen molar-refractivity contribution in [1.29, 1.82) is 0 Å². The van der Waals surface area contributed by atoms with E-state index in [9.17, 15) is 25.2 Å². The Balaban J connectivity index is 0.633. The van der Waals surface area contributed by atoms with Crippen LogP contribution in [0.15, 0.2) is 24.3 Å². The van der Waals surface area contributed by atoms with Crippen molar-refractivity contribution in [3.05, 3.63) is 24.3 Å². The minimum atomic E-state index is -2.03. The molecule has 0 saturated carbocycles. The molecule has 17 saturated heterocycles. The summed E-state index contributed by atoms with van der Waals surface area (Å²) in [6.07, 6.45) is -3.45. The van der Waals surface area contributed by atoms with Gasteiger partial charge in [-0.3, -0.25) is 4.79 Å². The van der Waals surface area contributed by atoms with Gasteiger partial charge in [0.05, 0.1) is 130 Å². The maximum absolute atomic E-state index is 14.6. The van der Waals surface area contributed by atoms with Crippen LogP contribution in [0.3, 0.4) is 0 Å². The lowest BCUT2D eigenvalue weighted by atomic mass is 9.77. The van der Waals surface area contributed by atoms with Crippen LogP contribution in [0.25, 0.3) is 0 Å². The third kappa shape index (κ3) is 8.79. The number of aliphatic hydroxyl groups is 4. The van der Waals surface area contributed by atoms with Crippen LogP contribution in [0, 0.1) is 29.6 Å². The zero-order valence-electron chi connectivity index (χ0n) is 47.7. The van der Waals surface area contributed by atoms with Crippen LogP contribution >= 0.6 is 0 Å². The van der Waals surface area contributed by atoms with Crippen LogP contribution < -0.4 is 0 Å². The molecular weight excluding hydrogens is 1070 g/mol. The quantitative estimate of drug-likeness (QED) is 0.228. The van der Waals surface area contributed by atoms with E-state index in [0.717, 1.165) is 24.0 Å². The molecule has 0 aromatic carbocycles. The third-order valence-corrected chi connectivity index (χ3v) is 23.0. The first kappa shape index (κ1) is 55.5. The van der Waals surface area contributed by atoms with Gasteiger partial charge in [0.2, 0.25) is 11.6 Å². The molecule has 21 heteroatoms. The number of fused-ring (bicyclic) bond motifs is 11. The number of hydrogen-bond donors (Lipinski definition) is 4. The van der Waals surface area contributed by atoms with Crippen LogP contribution in [-0.2, 0) is 80.6 Å². The number of hydrogen-bond acceptors (Lipinski definition) is 21. The monoisotopic (exact) mass is 1150 g/mol. The van der Waals surface area contributed by atoms with Gasteiger partial charge in [-0.05, 0) is 73.8 Å². The van der Waals surface area contributed by atoms with Crippen molar-refractivity contribution in [2.75, 3.05) is 13.2 Å². The Morgan fingerprint density at radius 3 is 2.11 bits per heavy atom. The van der Waals surface area contributed by atoms with Crippen molar-refractivity contribution in [3.63, 3.8) is 0 Å². The van der Waals surface area contributed by atoms with E-state index >= 15 is 0 Å². The Bertz CT molecular complexity index is 2500. The van der Waals surface area contributed by atoms with E-state index in [2.05, 4.69) is 40.9 Å². The highest BCUT2D eigenvalue weighted by Crippen LogP contribution is 2.60. The maximum atomic E-state index is 14.6. The Hall–Kier alpha value is -1.81. The summed E-state index contributed by atoms with van der Waals surface area (Å²) in [7, 11) is 0. The van der Waals surface area contributed by atoms with Gasteiger partial charge in [-0.25, -0.2) is 0 Å². The topological polar surface area (TPSA) is 246 Å². The second-order valence-corrected chi connectivity index (χ2v) is 28.4. The van der Waals surface area contributed by atoms with Gasteiger partial charge in [-0.15, -0.1) is 0 Å². The molecule has 4 N–H and O–H groups in total. The Labute approximate surface area is 478 Å². The molecule has 82 heavy (non-hydrogen) atoms. The standard InChI is InChI=1S/C61H86O21/c1-25-13-31-7-9-36-26(2)14-33(68-36)11-12-60-57(65)61(66)56(82-60)55-54(81-61)53(80-60)52-37(72-55)10-8-32(70-52)15-46(64)74-50-30(6)49-42(71-41(50)16-38(69-31)29(25)5)17-39-44(73-49)21-59(76-39)22-45-48(79-59)28(4)20-58(78-45)19-27(3)47-43(77-58)18-40-51(75-47)34(24-67-40)35(63)23-62/h25,27-28,30-45,47-57,62-63,65-66H,2,5,7-24H2,1,3-4,6H3. The zero-order valence-corrected chi connectivity index (χ0v) is 47.7. The summed E-state index contributed by atoms with van der Waals surface area (Å²) in [4.78, 5) is 14.6. The summed E-state index contributed by atoms with van der Waals surface area (Å²) >= 11 is 0. The molecule has 17 aliphatic heterocycles. The summed E-state index contributed by atoms with van der Waals surface area (Å²) in [5.41, 5.74) is 2.01. The van der Waals surface area contributed by atoms with Gasteiger partial charge >= 0.3 is 5.97 Å². The number of esters is 1. The summed E-state index contributed by atoms with van der Waals surface area (Å²) < 4.78 is 109. The largest absolute Gasteiger partial charge is 0.459 e. The molecule has 0 radical (unpaired) electrons. The number of aliphatic hydroxyl groups excluding tert-OH is 3. The molecule has 0 amide bonds. The molecule has 17 aliphatic rings. The maximum Gasteiger partial charge on any atom is 0.308 e. The minimum absolute atomic E-state index is 0.0316. The van der Waals surface area contributed by atoms with Gasteiger partial charge in [0, 0.05) is 63.2 Å². The first-order valence-electron chi connectivity index (χ1n) is 31.6. The molecule has 456 valence electrons. The van der Waals surface area contributed by atoms with Crippen molar-refractivity contribution in [1.82, 2.24) is 0 Å². The number of ether oxygens (including phenoxy) is 16. The molecule has 17 rings (SSSR count). The van der Waals surface area contributed by atoms with E-state index in [-0.39, 0.29) is 128 Å². The normalized spacial score (nSPS) is 59.6. The lowest BCUT2D eigenvalue weighted by molar-refractivity contribution is -0.370. The molecule has 0 aromatic heterocycles. The molecule has 34 atom stereocenters. The van der Waals surface area contributed by atoms with E-state index < -0.39 is 102 Å². The third-order valence-electron chi connectivity index (χ3n) is 23.0. The fourth-order valence-corrected chi connectivity index (χ4v) is 19.0. The van der Waals surface area contributed by atoms with Gasteiger partial charge in [0.1, 0.15) is 36.6 Å². The van der Waals surface area contributed by atoms with Crippen LogP contribution in [0.4, 0.5) is 0 Å². The van der Waals surface area contributed by atoms with E-state index in [1.807, 2.05) is 0 Å². The van der Waals surface area contributed by atoms with Crippen molar-refractivity contribution < 1.29 is 101 Å². The van der Waals surface area contributed by atoms with E-state index in [4.69, 9.17) is 75.8 Å². The summed E-state index contributed by atoms with van der Waals surface area (Å²) in [6.45, 7) is 17.7.